The number of carbonyl (C=O) groups excluding carboxylic acids is 1. The monoisotopic (exact) mass is 259 g/mol. The standard InChI is InChI=1S/C13H25NO4/c1-4-5-7-11(13(16)17)14-12(15)8-6-9-18-10(2)3/h10-11H,4-9H2,1-3H3,(H,14,15)(H,16,17). The number of ether oxygens (including phenoxy) is 1. The fourth-order valence-corrected chi connectivity index (χ4v) is 1.48. The molecular weight excluding hydrogens is 234 g/mol. The summed E-state index contributed by atoms with van der Waals surface area (Å²) in [6.07, 6.45) is 3.28. The van der Waals surface area contributed by atoms with Gasteiger partial charge in [-0.3, -0.25) is 4.79 Å². The molecule has 5 nitrogen and oxygen atoms in total. The van der Waals surface area contributed by atoms with Crippen LogP contribution in [0.1, 0.15) is 52.9 Å². The highest BCUT2D eigenvalue weighted by Gasteiger charge is 2.18. The molecule has 0 rings (SSSR count). The van der Waals surface area contributed by atoms with E-state index in [1.807, 2.05) is 20.8 Å². The van der Waals surface area contributed by atoms with Gasteiger partial charge in [0.1, 0.15) is 6.04 Å². The van der Waals surface area contributed by atoms with Crippen LogP contribution in [0, 0.1) is 0 Å². The Hall–Kier alpha value is -1.10. The van der Waals surface area contributed by atoms with Gasteiger partial charge in [-0.05, 0) is 26.7 Å². The SMILES string of the molecule is CCCCC(NC(=O)CCCOC(C)C)C(=O)O. The second-order valence-electron chi connectivity index (χ2n) is 4.62. The van der Waals surface area contributed by atoms with Crippen LogP contribution in [0.4, 0.5) is 0 Å². The minimum atomic E-state index is -0.963. The van der Waals surface area contributed by atoms with E-state index in [1.165, 1.54) is 0 Å². The molecule has 0 spiro atoms. The third kappa shape index (κ3) is 8.98. The van der Waals surface area contributed by atoms with Crippen molar-refractivity contribution in [2.75, 3.05) is 6.61 Å². The van der Waals surface area contributed by atoms with Gasteiger partial charge in [0, 0.05) is 13.0 Å². The molecule has 0 heterocycles. The molecule has 0 radical (unpaired) electrons. The minimum absolute atomic E-state index is 0.157. The molecule has 0 saturated carbocycles. The molecule has 106 valence electrons. The van der Waals surface area contributed by atoms with Crippen LogP contribution in [0.15, 0.2) is 0 Å². The summed E-state index contributed by atoms with van der Waals surface area (Å²) in [5.41, 5.74) is 0. The number of carboxylic acid groups (broad SMARTS) is 1. The molecule has 1 amide bonds. The van der Waals surface area contributed by atoms with Gasteiger partial charge in [-0.2, -0.15) is 0 Å². The van der Waals surface area contributed by atoms with Crippen molar-refractivity contribution in [3.05, 3.63) is 0 Å². The van der Waals surface area contributed by atoms with Crippen molar-refractivity contribution in [1.29, 1.82) is 0 Å². The molecule has 0 aliphatic rings. The maximum Gasteiger partial charge on any atom is 0.326 e. The molecule has 5 heteroatoms. The molecule has 18 heavy (non-hydrogen) atoms. The van der Waals surface area contributed by atoms with Gasteiger partial charge < -0.3 is 15.2 Å². The second kappa shape index (κ2) is 9.88. The van der Waals surface area contributed by atoms with E-state index < -0.39 is 12.0 Å². The highest BCUT2D eigenvalue weighted by molar-refractivity contribution is 5.83. The number of aliphatic carboxylic acids is 1. The van der Waals surface area contributed by atoms with Crippen LogP contribution < -0.4 is 5.32 Å². The van der Waals surface area contributed by atoms with Gasteiger partial charge in [0.15, 0.2) is 0 Å². The Morgan fingerprint density at radius 1 is 1.28 bits per heavy atom. The molecule has 0 bridgehead atoms. The van der Waals surface area contributed by atoms with E-state index in [1.54, 1.807) is 0 Å². The van der Waals surface area contributed by atoms with Crippen molar-refractivity contribution in [2.45, 2.75) is 65.0 Å². The fraction of sp³-hybridized carbons (Fsp3) is 0.846. The van der Waals surface area contributed by atoms with Crippen LogP contribution in [0.5, 0.6) is 0 Å². The first kappa shape index (κ1) is 16.9. The van der Waals surface area contributed by atoms with Crippen LogP contribution in [-0.2, 0) is 14.3 Å². The van der Waals surface area contributed by atoms with Crippen molar-refractivity contribution in [3.63, 3.8) is 0 Å². The predicted octanol–water partition coefficient (Wildman–Crippen LogP) is 1.95. The Bertz CT molecular complexity index is 253. The first-order chi connectivity index (χ1) is 8.47. The Morgan fingerprint density at radius 2 is 1.94 bits per heavy atom. The molecule has 0 saturated heterocycles. The van der Waals surface area contributed by atoms with Gasteiger partial charge in [0.05, 0.1) is 6.10 Å². The molecule has 0 aliphatic heterocycles. The molecular formula is C13H25NO4. The van der Waals surface area contributed by atoms with Crippen LogP contribution in [0.2, 0.25) is 0 Å². The Morgan fingerprint density at radius 3 is 2.44 bits per heavy atom. The molecule has 0 fully saturated rings. The van der Waals surface area contributed by atoms with E-state index >= 15 is 0 Å². The van der Waals surface area contributed by atoms with Crippen LogP contribution in [-0.4, -0.2) is 35.7 Å². The van der Waals surface area contributed by atoms with Gasteiger partial charge in [-0.25, -0.2) is 4.79 Å². The molecule has 1 atom stereocenters. The summed E-state index contributed by atoms with van der Waals surface area (Å²) in [6, 6.07) is -0.761. The van der Waals surface area contributed by atoms with E-state index in [9.17, 15) is 9.59 Å². The third-order valence-electron chi connectivity index (χ3n) is 2.48. The number of rotatable bonds is 10. The van der Waals surface area contributed by atoms with Crippen molar-refractivity contribution < 1.29 is 19.4 Å². The van der Waals surface area contributed by atoms with Gasteiger partial charge in [0.2, 0.25) is 5.91 Å². The molecule has 2 N–H and O–H groups in total. The van der Waals surface area contributed by atoms with Crippen molar-refractivity contribution in [1.82, 2.24) is 5.32 Å². The Labute approximate surface area is 109 Å². The molecule has 0 aromatic heterocycles. The second-order valence-corrected chi connectivity index (χ2v) is 4.62. The lowest BCUT2D eigenvalue weighted by atomic mass is 10.1. The minimum Gasteiger partial charge on any atom is -0.480 e. The van der Waals surface area contributed by atoms with Crippen molar-refractivity contribution in [3.8, 4) is 0 Å². The summed E-state index contributed by atoms with van der Waals surface area (Å²) < 4.78 is 5.31. The average Bonchev–Trinajstić information content (AvgIpc) is 2.29. The zero-order valence-electron chi connectivity index (χ0n) is 11.6. The summed E-state index contributed by atoms with van der Waals surface area (Å²) in [6.45, 7) is 6.39. The fourth-order valence-electron chi connectivity index (χ4n) is 1.48. The first-order valence-corrected chi connectivity index (χ1v) is 6.61. The summed E-state index contributed by atoms with van der Waals surface area (Å²) in [5.74, 6) is -1.18. The third-order valence-corrected chi connectivity index (χ3v) is 2.48. The predicted molar refractivity (Wildman–Crippen MR) is 69.4 cm³/mol. The van der Waals surface area contributed by atoms with E-state index in [4.69, 9.17) is 9.84 Å². The summed E-state index contributed by atoms with van der Waals surface area (Å²) in [4.78, 5) is 22.5. The number of carbonyl (C=O) groups is 2. The number of hydrogen-bond acceptors (Lipinski definition) is 3. The Balaban J connectivity index is 3.84. The Kier molecular flexibility index (Phi) is 9.28. The quantitative estimate of drug-likeness (QED) is 0.588. The first-order valence-electron chi connectivity index (χ1n) is 6.61. The van der Waals surface area contributed by atoms with E-state index in [2.05, 4.69) is 5.32 Å². The zero-order chi connectivity index (χ0) is 14.0. The maximum atomic E-state index is 11.5. The van der Waals surface area contributed by atoms with Crippen LogP contribution >= 0.6 is 0 Å². The van der Waals surface area contributed by atoms with Gasteiger partial charge in [-0.1, -0.05) is 19.8 Å². The smallest absolute Gasteiger partial charge is 0.326 e. The summed E-state index contributed by atoms with van der Waals surface area (Å²) in [5, 5.41) is 11.5. The van der Waals surface area contributed by atoms with Crippen molar-refractivity contribution >= 4 is 11.9 Å². The van der Waals surface area contributed by atoms with E-state index in [0.717, 1.165) is 12.8 Å². The average molecular weight is 259 g/mol. The van der Waals surface area contributed by atoms with Gasteiger partial charge >= 0.3 is 5.97 Å². The molecule has 1 unspecified atom stereocenters. The maximum absolute atomic E-state index is 11.5. The molecule has 0 aliphatic carbocycles. The molecule has 0 aromatic rings. The van der Waals surface area contributed by atoms with E-state index in [-0.39, 0.29) is 12.0 Å². The normalized spacial score (nSPS) is 12.4. The number of carboxylic acids is 1. The summed E-state index contributed by atoms with van der Waals surface area (Å²) >= 11 is 0. The number of nitrogens with one attached hydrogen (secondary N) is 1. The lowest BCUT2D eigenvalue weighted by Crippen LogP contribution is -2.40. The van der Waals surface area contributed by atoms with Crippen LogP contribution in [0.25, 0.3) is 0 Å². The topological polar surface area (TPSA) is 75.6 Å². The van der Waals surface area contributed by atoms with Crippen LogP contribution in [0.3, 0.4) is 0 Å². The zero-order valence-corrected chi connectivity index (χ0v) is 11.6. The largest absolute Gasteiger partial charge is 0.480 e. The number of hydrogen-bond donors (Lipinski definition) is 2. The highest BCUT2D eigenvalue weighted by atomic mass is 16.5. The number of unbranched alkanes of at least 4 members (excludes halogenated alkanes) is 1. The lowest BCUT2D eigenvalue weighted by molar-refractivity contribution is -0.142. The molecule has 0 aromatic carbocycles. The van der Waals surface area contributed by atoms with Crippen molar-refractivity contribution in [2.24, 2.45) is 0 Å². The van der Waals surface area contributed by atoms with Gasteiger partial charge in [-0.15, -0.1) is 0 Å². The highest BCUT2D eigenvalue weighted by Crippen LogP contribution is 2.02. The van der Waals surface area contributed by atoms with E-state index in [0.29, 0.717) is 25.9 Å². The lowest BCUT2D eigenvalue weighted by Gasteiger charge is -2.14. The summed E-state index contributed by atoms with van der Waals surface area (Å²) in [7, 11) is 0. The van der Waals surface area contributed by atoms with Gasteiger partial charge in [0.25, 0.3) is 0 Å². The number of amides is 1.